The van der Waals surface area contributed by atoms with E-state index in [2.05, 4.69) is 10.6 Å². The van der Waals surface area contributed by atoms with E-state index in [0.717, 1.165) is 18.2 Å². The molecule has 3 aromatic carbocycles. The van der Waals surface area contributed by atoms with Gasteiger partial charge in [0.1, 0.15) is 40.7 Å². The third-order valence-corrected chi connectivity index (χ3v) is 5.01. The minimum absolute atomic E-state index is 0.0584. The Morgan fingerprint density at radius 3 is 2.67 bits per heavy atom. The van der Waals surface area contributed by atoms with Crippen molar-refractivity contribution >= 4 is 23.0 Å². The van der Waals surface area contributed by atoms with E-state index in [9.17, 15) is 28.3 Å². The van der Waals surface area contributed by atoms with Gasteiger partial charge in [0.15, 0.2) is 0 Å². The number of aromatic hydroxyl groups is 1. The molecule has 1 unspecified atom stereocenters. The molecule has 1 aliphatic heterocycles. The zero-order chi connectivity index (χ0) is 23.8. The second kappa shape index (κ2) is 8.12. The van der Waals surface area contributed by atoms with Gasteiger partial charge in [0, 0.05) is 29.6 Å². The van der Waals surface area contributed by atoms with Gasteiger partial charge in [0.2, 0.25) is 5.60 Å². The molecule has 166 valence electrons. The number of halogens is 3. The predicted molar refractivity (Wildman–Crippen MR) is 114 cm³/mol. The number of nitrogen functional groups attached to an aromatic ring is 1. The zero-order valence-electron chi connectivity index (χ0n) is 16.7. The predicted octanol–water partition coefficient (Wildman–Crippen LogP) is 4.12. The Hall–Kier alpha value is -4.65. The van der Waals surface area contributed by atoms with Crippen LogP contribution in [-0.2, 0) is 10.4 Å². The highest BCUT2D eigenvalue weighted by Crippen LogP contribution is 2.42. The summed E-state index contributed by atoms with van der Waals surface area (Å²) in [6.07, 6.45) is 2.58. The Kier molecular flexibility index (Phi) is 5.31. The number of phenols is 1. The number of fused-ring (bicyclic) bond motifs is 1. The first-order valence-electron chi connectivity index (χ1n) is 9.46. The number of phenolic OH excluding ortho intramolecular Hbond substituents is 1. The first-order valence-corrected chi connectivity index (χ1v) is 9.46. The van der Waals surface area contributed by atoms with E-state index in [4.69, 9.17) is 10.5 Å². The van der Waals surface area contributed by atoms with Gasteiger partial charge in [0.05, 0.1) is 11.3 Å². The molecule has 7 nitrogen and oxygen atoms in total. The second-order valence-corrected chi connectivity index (χ2v) is 7.07. The highest BCUT2D eigenvalue weighted by Gasteiger charge is 2.45. The van der Waals surface area contributed by atoms with Crippen LogP contribution in [0.2, 0.25) is 0 Å². The van der Waals surface area contributed by atoms with Crippen LogP contribution >= 0.6 is 0 Å². The molecule has 0 spiro atoms. The third-order valence-electron chi connectivity index (χ3n) is 5.01. The lowest BCUT2D eigenvalue weighted by molar-refractivity contribution is -0.128. The van der Waals surface area contributed by atoms with Gasteiger partial charge < -0.3 is 26.2 Å². The minimum atomic E-state index is -2.08. The fraction of sp³-hybridized carbons (Fsp3) is 0.0435. The fourth-order valence-corrected chi connectivity index (χ4v) is 3.36. The third kappa shape index (κ3) is 3.76. The number of rotatable bonds is 4. The van der Waals surface area contributed by atoms with Gasteiger partial charge in [-0.2, -0.15) is 5.26 Å². The number of benzene rings is 3. The van der Waals surface area contributed by atoms with Crippen molar-refractivity contribution in [2.45, 2.75) is 5.60 Å². The van der Waals surface area contributed by atoms with Gasteiger partial charge >= 0.3 is 0 Å². The molecule has 0 aliphatic carbocycles. The number of anilines is 3. The molecular weight excluding hydrogens is 437 g/mol. The molecule has 4 rings (SSSR count). The molecule has 10 heteroatoms. The molecule has 3 aromatic rings. The molecule has 5 N–H and O–H groups in total. The van der Waals surface area contributed by atoms with Crippen molar-refractivity contribution in [2.75, 3.05) is 16.4 Å². The maximum Gasteiger partial charge on any atom is 0.277 e. The summed E-state index contributed by atoms with van der Waals surface area (Å²) in [6, 6.07) is 10.5. The molecule has 1 aliphatic rings. The number of nitrogens with two attached hydrogens (primary N) is 1. The normalized spacial score (nSPS) is 16.3. The lowest BCUT2D eigenvalue weighted by Crippen LogP contribution is -2.46. The number of carbonyl (C=O) groups is 1. The lowest BCUT2D eigenvalue weighted by atomic mass is 9.87. The molecule has 0 saturated carbocycles. The molecule has 0 fully saturated rings. The number of nitrogens with one attached hydrogen (secondary N) is 2. The van der Waals surface area contributed by atoms with Gasteiger partial charge in [-0.3, -0.25) is 4.79 Å². The van der Waals surface area contributed by atoms with Crippen molar-refractivity contribution in [3.05, 3.63) is 89.4 Å². The van der Waals surface area contributed by atoms with E-state index in [1.54, 1.807) is 6.07 Å². The topological polar surface area (TPSA) is 120 Å². The Labute approximate surface area is 185 Å². The van der Waals surface area contributed by atoms with E-state index in [1.165, 1.54) is 36.5 Å². The summed E-state index contributed by atoms with van der Waals surface area (Å²) in [5, 5.41) is 24.6. The van der Waals surface area contributed by atoms with Gasteiger partial charge in [-0.1, -0.05) is 6.07 Å². The standard InChI is InChI=1S/C23H15F3N4O3/c24-13-4-5-17(16(26)9-13)30-22(32)23(33-20-3-1-2-15(25)21(20)28)6-7-29-18-10-19(31)12(11-27)8-14(18)23/h1-10,29,31H,28H2,(H,30,32). The Morgan fingerprint density at radius 2 is 1.94 bits per heavy atom. The lowest BCUT2D eigenvalue weighted by Gasteiger charge is -2.35. The maximum atomic E-state index is 14.2. The molecule has 1 heterocycles. The number of hydrogen-bond acceptors (Lipinski definition) is 6. The summed E-state index contributed by atoms with van der Waals surface area (Å²) in [7, 11) is 0. The number of para-hydroxylation sites is 1. The van der Waals surface area contributed by atoms with Crippen molar-refractivity contribution in [3.8, 4) is 17.6 Å². The maximum absolute atomic E-state index is 14.2. The van der Waals surface area contributed by atoms with Crippen LogP contribution in [0.4, 0.5) is 30.2 Å². The average Bonchev–Trinajstić information content (AvgIpc) is 2.78. The molecular formula is C23H15F3N4O3. The number of ether oxygens (including phenoxy) is 1. The van der Waals surface area contributed by atoms with E-state index in [1.807, 2.05) is 0 Å². The Bertz CT molecular complexity index is 1350. The van der Waals surface area contributed by atoms with E-state index in [0.29, 0.717) is 6.07 Å². The Balaban J connectivity index is 1.89. The van der Waals surface area contributed by atoms with Crippen LogP contribution in [0, 0.1) is 28.8 Å². The van der Waals surface area contributed by atoms with Gasteiger partial charge in [0.25, 0.3) is 5.91 Å². The number of nitriles is 1. The molecule has 33 heavy (non-hydrogen) atoms. The molecule has 1 atom stereocenters. The van der Waals surface area contributed by atoms with Gasteiger partial charge in [-0.25, -0.2) is 13.2 Å². The summed E-state index contributed by atoms with van der Waals surface area (Å²) in [5.74, 6) is -4.19. The first kappa shape index (κ1) is 21.6. The first-order chi connectivity index (χ1) is 15.7. The quantitative estimate of drug-likeness (QED) is 0.442. The summed E-state index contributed by atoms with van der Waals surface area (Å²) in [5.41, 5.74) is 3.06. The van der Waals surface area contributed by atoms with Crippen molar-refractivity contribution in [2.24, 2.45) is 0 Å². The van der Waals surface area contributed by atoms with E-state index < -0.39 is 29.0 Å². The Morgan fingerprint density at radius 1 is 1.15 bits per heavy atom. The van der Waals surface area contributed by atoms with Crippen molar-refractivity contribution < 1.29 is 27.8 Å². The van der Waals surface area contributed by atoms with Crippen LogP contribution < -0.4 is 21.1 Å². The van der Waals surface area contributed by atoms with Crippen LogP contribution in [0.3, 0.4) is 0 Å². The smallest absolute Gasteiger partial charge is 0.277 e. The average molecular weight is 452 g/mol. The van der Waals surface area contributed by atoms with Crippen molar-refractivity contribution in [1.82, 2.24) is 0 Å². The minimum Gasteiger partial charge on any atom is -0.506 e. The molecule has 0 radical (unpaired) electrons. The van der Waals surface area contributed by atoms with Crippen molar-refractivity contribution in [3.63, 3.8) is 0 Å². The van der Waals surface area contributed by atoms with Crippen LogP contribution in [-0.4, -0.2) is 11.0 Å². The van der Waals surface area contributed by atoms with Gasteiger partial charge in [-0.05, 0) is 36.4 Å². The fourth-order valence-electron chi connectivity index (χ4n) is 3.36. The number of nitrogens with zero attached hydrogens (tertiary/aromatic N) is 1. The van der Waals surface area contributed by atoms with Crippen LogP contribution in [0.15, 0.2) is 60.8 Å². The summed E-state index contributed by atoms with van der Waals surface area (Å²) in [6.45, 7) is 0. The van der Waals surface area contributed by atoms with Crippen LogP contribution in [0.25, 0.3) is 0 Å². The molecule has 1 amide bonds. The van der Waals surface area contributed by atoms with Crippen LogP contribution in [0.5, 0.6) is 11.5 Å². The number of hydrogen-bond donors (Lipinski definition) is 4. The second-order valence-electron chi connectivity index (χ2n) is 7.07. The SMILES string of the molecule is N#Cc1cc2c(cc1O)NC=CC2(Oc1cccc(F)c1N)C(=O)Nc1ccc(F)cc1F. The number of amides is 1. The van der Waals surface area contributed by atoms with Crippen LogP contribution in [0.1, 0.15) is 11.1 Å². The summed E-state index contributed by atoms with van der Waals surface area (Å²) in [4.78, 5) is 13.5. The van der Waals surface area contributed by atoms with Crippen molar-refractivity contribution in [1.29, 1.82) is 5.26 Å². The molecule has 0 aromatic heterocycles. The highest BCUT2D eigenvalue weighted by atomic mass is 19.1. The highest BCUT2D eigenvalue weighted by molar-refractivity contribution is 6.02. The number of carbonyl (C=O) groups excluding carboxylic acids is 1. The summed E-state index contributed by atoms with van der Waals surface area (Å²) < 4.78 is 47.5. The van der Waals surface area contributed by atoms with E-state index in [-0.39, 0.29) is 39.7 Å². The molecule has 0 saturated heterocycles. The zero-order valence-corrected chi connectivity index (χ0v) is 16.7. The molecule has 0 bridgehead atoms. The monoisotopic (exact) mass is 452 g/mol. The van der Waals surface area contributed by atoms with Gasteiger partial charge in [-0.15, -0.1) is 0 Å². The summed E-state index contributed by atoms with van der Waals surface area (Å²) >= 11 is 0. The van der Waals surface area contributed by atoms with E-state index >= 15 is 0 Å². The largest absolute Gasteiger partial charge is 0.506 e.